The highest BCUT2D eigenvalue weighted by Gasteiger charge is 2.00. The monoisotopic (exact) mass is 275 g/mol. The number of thioether (sulfide) groups is 1. The minimum Gasteiger partial charge on any atom is -0.368 e. The molecule has 0 aromatic carbocycles. The molecule has 0 fully saturated rings. The number of nitrogens with two attached hydrogens (primary N) is 1. The van der Waals surface area contributed by atoms with Gasteiger partial charge in [0.05, 0.1) is 0 Å². The van der Waals surface area contributed by atoms with Gasteiger partial charge in [0.15, 0.2) is 0 Å². The van der Waals surface area contributed by atoms with Gasteiger partial charge >= 0.3 is 0 Å². The maximum atomic E-state index is 5.66. The lowest BCUT2D eigenvalue weighted by atomic mass is 10.2. The van der Waals surface area contributed by atoms with Crippen LogP contribution in [0, 0.1) is 0 Å². The first-order valence-electron chi connectivity index (χ1n) is 5.62. The van der Waals surface area contributed by atoms with Gasteiger partial charge in [-0.3, -0.25) is 0 Å². The standard InChI is InChI=1S/C10H18ClN5S/c1-17-7-5-3-2-4-6-13-10-15-8(11)14-9(12)16-10/h2-7H2,1H3,(H3,12,13,14,15,16). The predicted molar refractivity (Wildman–Crippen MR) is 74.6 cm³/mol. The second-order valence-electron chi connectivity index (χ2n) is 3.62. The lowest BCUT2D eigenvalue weighted by Gasteiger charge is -2.05. The zero-order chi connectivity index (χ0) is 12.5. The van der Waals surface area contributed by atoms with Crippen LogP contribution in [0.25, 0.3) is 0 Å². The van der Waals surface area contributed by atoms with Crippen LogP contribution in [0.3, 0.4) is 0 Å². The molecule has 0 saturated carbocycles. The molecule has 5 nitrogen and oxygen atoms in total. The fourth-order valence-corrected chi connectivity index (χ4v) is 2.03. The molecular formula is C10H18ClN5S. The van der Waals surface area contributed by atoms with Crippen LogP contribution in [0.15, 0.2) is 0 Å². The van der Waals surface area contributed by atoms with Crippen LogP contribution in [0.5, 0.6) is 0 Å². The molecule has 1 heterocycles. The molecule has 0 aliphatic rings. The average Bonchev–Trinajstić information content (AvgIpc) is 2.26. The maximum absolute atomic E-state index is 5.66. The van der Waals surface area contributed by atoms with E-state index in [4.69, 9.17) is 17.3 Å². The molecule has 0 amide bonds. The Labute approximate surface area is 111 Å². The van der Waals surface area contributed by atoms with Gasteiger partial charge in [-0.25, -0.2) is 0 Å². The van der Waals surface area contributed by atoms with E-state index in [1.165, 1.54) is 25.0 Å². The van der Waals surface area contributed by atoms with E-state index in [2.05, 4.69) is 26.5 Å². The number of nitrogens with zero attached hydrogens (tertiary/aromatic N) is 3. The van der Waals surface area contributed by atoms with Crippen molar-refractivity contribution in [2.75, 3.05) is 29.6 Å². The van der Waals surface area contributed by atoms with Crippen molar-refractivity contribution < 1.29 is 0 Å². The van der Waals surface area contributed by atoms with Gasteiger partial charge in [-0.2, -0.15) is 26.7 Å². The molecule has 0 bridgehead atoms. The second kappa shape index (κ2) is 8.36. The summed E-state index contributed by atoms with van der Waals surface area (Å²) in [4.78, 5) is 11.6. The van der Waals surface area contributed by atoms with Crippen LogP contribution in [0.2, 0.25) is 5.28 Å². The van der Waals surface area contributed by atoms with Crippen LogP contribution < -0.4 is 11.1 Å². The molecule has 0 aliphatic carbocycles. The van der Waals surface area contributed by atoms with Gasteiger partial charge in [0, 0.05) is 6.54 Å². The van der Waals surface area contributed by atoms with E-state index < -0.39 is 0 Å². The van der Waals surface area contributed by atoms with Gasteiger partial charge in [-0.1, -0.05) is 12.8 Å². The lowest BCUT2D eigenvalue weighted by Crippen LogP contribution is -2.08. The van der Waals surface area contributed by atoms with Crippen molar-refractivity contribution in [3.63, 3.8) is 0 Å². The van der Waals surface area contributed by atoms with Gasteiger partial charge in [0.1, 0.15) is 0 Å². The number of nitrogens with one attached hydrogen (secondary N) is 1. The summed E-state index contributed by atoms with van der Waals surface area (Å²) < 4.78 is 0. The van der Waals surface area contributed by atoms with Crippen LogP contribution in [0.4, 0.5) is 11.9 Å². The van der Waals surface area contributed by atoms with Crippen molar-refractivity contribution in [3.05, 3.63) is 5.28 Å². The Morgan fingerprint density at radius 2 is 1.94 bits per heavy atom. The van der Waals surface area contributed by atoms with E-state index in [-0.39, 0.29) is 11.2 Å². The zero-order valence-corrected chi connectivity index (χ0v) is 11.5. The third-order valence-corrected chi connectivity index (χ3v) is 3.05. The van der Waals surface area contributed by atoms with Crippen LogP contribution in [-0.2, 0) is 0 Å². The van der Waals surface area contributed by atoms with Gasteiger partial charge in [0.25, 0.3) is 0 Å². The van der Waals surface area contributed by atoms with Crippen molar-refractivity contribution in [3.8, 4) is 0 Å². The molecule has 7 heteroatoms. The number of nitrogen functional groups attached to an aromatic ring is 1. The lowest BCUT2D eigenvalue weighted by molar-refractivity contribution is 0.687. The summed E-state index contributed by atoms with van der Waals surface area (Å²) in [5.74, 6) is 1.84. The summed E-state index contributed by atoms with van der Waals surface area (Å²) in [6, 6.07) is 0. The van der Waals surface area contributed by atoms with Crippen LogP contribution in [0.1, 0.15) is 25.7 Å². The molecule has 0 aliphatic heterocycles. The largest absolute Gasteiger partial charge is 0.368 e. The first-order valence-corrected chi connectivity index (χ1v) is 7.39. The summed E-state index contributed by atoms with van der Waals surface area (Å²) in [7, 11) is 0. The van der Waals surface area contributed by atoms with E-state index in [1.807, 2.05) is 11.8 Å². The Hall–Kier alpha value is -0.750. The molecule has 0 radical (unpaired) electrons. The molecule has 1 aromatic rings. The zero-order valence-electron chi connectivity index (χ0n) is 9.95. The Kier molecular flexibility index (Phi) is 7.04. The SMILES string of the molecule is CSCCCCCCNc1nc(N)nc(Cl)n1. The predicted octanol–water partition coefficient (Wildman–Crippen LogP) is 2.44. The first kappa shape index (κ1) is 14.3. The number of aromatic nitrogens is 3. The smallest absolute Gasteiger partial charge is 0.228 e. The van der Waals surface area contributed by atoms with Crippen molar-refractivity contribution in [2.24, 2.45) is 0 Å². The van der Waals surface area contributed by atoms with E-state index in [0.29, 0.717) is 5.95 Å². The first-order chi connectivity index (χ1) is 8.22. The quantitative estimate of drug-likeness (QED) is 0.710. The molecule has 1 rings (SSSR count). The molecule has 0 atom stereocenters. The third-order valence-electron chi connectivity index (χ3n) is 2.18. The normalized spacial score (nSPS) is 10.5. The second-order valence-corrected chi connectivity index (χ2v) is 4.94. The number of hydrogen-bond donors (Lipinski definition) is 2. The summed E-state index contributed by atoms with van der Waals surface area (Å²) in [6.45, 7) is 0.832. The molecule has 0 spiro atoms. The van der Waals surface area contributed by atoms with Gasteiger partial charge in [0.2, 0.25) is 17.2 Å². The summed E-state index contributed by atoms with van der Waals surface area (Å²) in [5, 5.41) is 3.21. The average molecular weight is 276 g/mol. The van der Waals surface area contributed by atoms with Crippen molar-refractivity contribution in [1.82, 2.24) is 15.0 Å². The fourth-order valence-electron chi connectivity index (χ4n) is 1.37. The maximum Gasteiger partial charge on any atom is 0.228 e. The molecule has 0 saturated heterocycles. The Morgan fingerprint density at radius 1 is 1.18 bits per heavy atom. The molecule has 0 unspecified atom stereocenters. The van der Waals surface area contributed by atoms with Gasteiger partial charge < -0.3 is 11.1 Å². The summed E-state index contributed by atoms with van der Waals surface area (Å²) >= 11 is 7.56. The van der Waals surface area contributed by atoms with Gasteiger partial charge in [-0.05, 0) is 36.5 Å². The molecule has 3 N–H and O–H groups in total. The highest BCUT2D eigenvalue weighted by molar-refractivity contribution is 7.98. The third kappa shape index (κ3) is 6.53. The highest BCUT2D eigenvalue weighted by Crippen LogP contribution is 2.08. The molecule has 17 heavy (non-hydrogen) atoms. The number of unbranched alkanes of at least 4 members (excludes halogenated alkanes) is 3. The van der Waals surface area contributed by atoms with Crippen molar-refractivity contribution in [1.29, 1.82) is 0 Å². The number of rotatable bonds is 8. The van der Waals surface area contributed by atoms with Crippen LogP contribution in [-0.4, -0.2) is 33.5 Å². The van der Waals surface area contributed by atoms with E-state index in [0.717, 1.165) is 13.0 Å². The van der Waals surface area contributed by atoms with Crippen molar-refractivity contribution >= 4 is 35.3 Å². The number of hydrogen-bond acceptors (Lipinski definition) is 6. The van der Waals surface area contributed by atoms with E-state index in [1.54, 1.807) is 0 Å². The Balaban J connectivity index is 2.13. The minimum absolute atomic E-state index is 0.125. The van der Waals surface area contributed by atoms with E-state index >= 15 is 0 Å². The Morgan fingerprint density at radius 3 is 2.65 bits per heavy atom. The molecule has 1 aromatic heterocycles. The molecule has 96 valence electrons. The number of halogens is 1. The topological polar surface area (TPSA) is 76.7 Å². The van der Waals surface area contributed by atoms with Crippen LogP contribution >= 0.6 is 23.4 Å². The highest BCUT2D eigenvalue weighted by atomic mass is 35.5. The van der Waals surface area contributed by atoms with E-state index in [9.17, 15) is 0 Å². The minimum atomic E-state index is 0.125. The molecular weight excluding hydrogens is 258 g/mol. The number of anilines is 2. The van der Waals surface area contributed by atoms with Crippen molar-refractivity contribution in [2.45, 2.75) is 25.7 Å². The Bertz CT molecular complexity index is 316. The fraction of sp³-hybridized carbons (Fsp3) is 0.700. The summed E-state index contributed by atoms with van der Waals surface area (Å²) in [5.41, 5.74) is 5.46. The summed E-state index contributed by atoms with van der Waals surface area (Å²) in [6.07, 6.45) is 6.99. The van der Waals surface area contributed by atoms with Gasteiger partial charge in [-0.15, -0.1) is 0 Å².